The summed E-state index contributed by atoms with van der Waals surface area (Å²) in [6.45, 7) is 0.504. The number of nitriles is 1. The Morgan fingerprint density at radius 1 is 1.50 bits per heavy atom. The minimum absolute atomic E-state index is 0.171. The van der Waals surface area contributed by atoms with Gasteiger partial charge in [0.1, 0.15) is 12.4 Å². The first-order valence-electron chi connectivity index (χ1n) is 4.74. The Kier molecular flexibility index (Phi) is 2.78. The zero-order chi connectivity index (χ0) is 11.4. The van der Waals surface area contributed by atoms with Gasteiger partial charge >= 0.3 is 0 Å². The lowest BCUT2D eigenvalue weighted by atomic mass is 10.3. The first-order chi connectivity index (χ1) is 7.81. The molecule has 80 valence electrons. The van der Waals surface area contributed by atoms with E-state index in [9.17, 15) is 0 Å². The lowest BCUT2D eigenvalue weighted by Crippen LogP contribution is -2.03. The smallest absolute Gasteiger partial charge is 0.252 e. The molecule has 6 nitrogen and oxygen atoms in total. The molecule has 0 atom stereocenters. The van der Waals surface area contributed by atoms with Gasteiger partial charge < -0.3 is 5.32 Å². The highest BCUT2D eigenvalue weighted by molar-refractivity contribution is 5.42. The van der Waals surface area contributed by atoms with Crippen molar-refractivity contribution in [3.63, 3.8) is 0 Å². The maximum Gasteiger partial charge on any atom is 0.252 e. The number of hydrogen-bond donors (Lipinski definition) is 1. The lowest BCUT2D eigenvalue weighted by Gasteiger charge is -2.03. The van der Waals surface area contributed by atoms with Gasteiger partial charge in [0.15, 0.2) is 0 Å². The van der Waals surface area contributed by atoms with Gasteiger partial charge in [0.2, 0.25) is 0 Å². The SMILES string of the molecule is CNc1ccnc(Cn2cnc(C#N)n2)c1. The van der Waals surface area contributed by atoms with Crippen molar-refractivity contribution in [3.8, 4) is 6.07 Å². The summed E-state index contributed by atoms with van der Waals surface area (Å²) in [5.41, 5.74) is 1.85. The number of hydrogen-bond acceptors (Lipinski definition) is 5. The van der Waals surface area contributed by atoms with E-state index in [0.29, 0.717) is 6.54 Å². The fraction of sp³-hybridized carbons (Fsp3) is 0.200. The summed E-state index contributed by atoms with van der Waals surface area (Å²) in [5, 5.41) is 15.6. The summed E-state index contributed by atoms with van der Waals surface area (Å²) in [6.07, 6.45) is 3.25. The lowest BCUT2D eigenvalue weighted by molar-refractivity contribution is 0.669. The second-order valence-electron chi connectivity index (χ2n) is 3.16. The van der Waals surface area contributed by atoms with Crippen molar-refractivity contribution < 1.29 is 0 Å². The van der Waals surface area contributed by atoms with Gasteiger partial charge in [-0.25, -0.2) is 9.67 Å². The highest BCUT2D eigenvalue weighted by Gasteiger charge is 2.01. The number of anilines is 1. The predicted molar refractivity (Wildman–Crippen MR) is 57.6 cm³/mol. The van der Waals surface area contributed by atoms with E-state index in [1.165, 1.54) is 6.33 Å². The van der Waals surface area contributed by atoms with Crippen molar-refractivity contribution in [1.29, 1.82) is 5.26 Å². The summed E-state index contributed by atoms with van der Waals surface area (Å²) < 4.78 is 1.58. The van der Waals surface area contributed by atoms with Gasteiger partial charge in [0, 0.05) is 18.9 Å². The zero-order valence-electron chi connectivity index (χ0n) is 8.75. The summed E-state index contributed by atoms with van der Waals surface area (Å²) in [6, 6.07) is 5.68. The quantitative estimate of drug-likeness (QED) is 0.810. The largest absolute Gasteiger partial charge is 0.388 e. The molecule has 0 aromatic carbocycles. The highest BCUT2D eigenvalue weighted by Crippen LogP contribution is 2.07. The summed E-state index contributed by atoms with van der Waals surface area (Å²) >= 11 is 0. The number of aromatic nitrogens is 4. The molecule has 2 heterocycles. The van der Waals surface area contributed by atoms with E-state index in [1.54, 1.807) is 10.9 Å². The number of nitrogens with zero attached hydrogens (tertiary/aromatic N) is 5. The van der Waals surface area contributed by atoms with Crippen LogP contribution in [-0.4, -0.2) is 26.8 Å². The number of rotatable bonds is 3. The molecule has 2 aromatic heterocycles. The van der Waals surface area contributed by atoms with Crippen LogP contribution in [0.1, 0.15) is 11.5 Å². The second kappa shape index (κ2) is 4.40. The third-order valence-corrected chi connectivity index (χ3v) is 2.07. The standard InChI is InChI=1S/C10H10N6/c1-12-8-2-3-13-9(4-8)6-16-7-14-10(5-11)15-16/h2-4,7H,6H2,1H3,(H,12,13). The van der Waals surface area contributed by atoms with E-state index in [0.717, 1.165) is 11.4 Å². The van der Waals surface area contributed by atoms with E-state index in [2.05, 4.69) is 20.4 Å². The minimum atomic E-state index is 0.171. The number of pyridine rings is 1. The van der Waals surface area contributed by atoms with Crippen LogP contribution in [0.2, 0.25) is 0 Å². The van der Waals surface area contributed by atoms with Crippen LogP contribution in [0.3, 0.4) is 0 Å². The molecule has 0 fully saturated rings. The van der Waals surface area contributed by atoms with Crippen LogP contribution >= 0.6 is 0 Å². The zero-order valence-corrected chi connectivity index (χ0v) is 8.75. The van der Waals surface area contributed by atoms with Crippen LogP contribution < -0.4 is 5.32 Å². The monoisotopic (exact) mass is 214 g/mol. The van der Waals surface area contributed by atoms with Crippen molar-refractivity contribution in [1.82, 2.24) is 19.7 Å². The van der Waals surface area contributed by atoms with Crippen LogP contribution in [0.4, 0.5) is 5.69 Å². The summed E-state index contributed by atoms with van der Waals surface area (Å²) in [4.78, 5) is 8.03. The van der Waals surface area contributed by atoms with Gasteiger partial charge in [-0.15, -0.1) is 5.10 Å². The first kappa shape index (κ1) is 10.1. The molecule has 16 heavy (non-hydrogen) atoms. The van der Waals surface area contributed by atoms with E-state index in [-0.39, 0.29) is 5.82 Å². The average Bonchev–Trinajstić information content (AvgIpc) is 2.77. The van der Waals surface area contributed by atoms with Crippen molar-refractivity contribution in [2.75, 3.05) is 12.4 Å². The van der Waals surface area contributed by atoms with Crippen molar-refractivity contribution in [3.05, 3.63) is 36.2 Å². The molecule has 0 bridgehead atoms. The van der Waals surface area contributed by atoms with E-state index in [4.69, 9.17) is 5.26 Å². The summed E-state index contributed by atoms with van der Waals surface area (Å²) in [7, 11) is 1.85. The van der Waals surface area contributed by atoms with Gasteiger partial charge in [-0.2, -0.15) is 5.26 Å². The topological polar surface area (TPSA) is 79.4 Å². The number of nitrogens with one attached hydrogen (secondary N) is 1. The first-order valence-corrected chi connectivity index (χ1v) is 4.74. The van der Waals surface area contributed by atoms with Crippen molar-refractivity contribution in [2.24, 2.45) is 0 Å². The molecule has 0 aliphatic rings. The molecule has 0 saturated carbocycles. The molecular weight excluding hydrogens is 204 g/mol. The van der Waals surface area contributed by atoms with E-state index < -0.39 is 0 Å². The molecular formula is C10H10N6. The molecule has 0 spiro atoms. The van der Waals surface area contributed by atoms with Crippen molar-refractivity contribution in [2.45, 2.75) is 6.54 Å². The molecule has 2 rings (SSSR count). The normalized spacial score (nSPS) is 9.75. The van der Waals surface area contributed by atoms with Gasteiger partial charge in [-0.1, -0.05) is 0 Å². The summed E-state index contributed by atoms with van der Waals surface area (Å²) in [5.74, 6) is 0.171. The molecule has 0 aliphatic heterocycles. The maximum absolute atomic E-state index is 8.59. The Hall–Kier alpha value is -2.42. The molecule has 1 N–H and O–H groups in total. The van der Waals surface area contributed by atoms with Gasteiger partial charge in [-0.3, -0.25) is 4.98 Å². The Balaban J connectivity index is 2.17. The highest BCUT2D eigenvalue weighted by atomic mass is 15.3. The third kappa shape index (κ3) is 2.15. The predicted octanol–water partition coefficient (Wildman–Crippen LogP) is 0.635. The van der Waals surface area contributed by atoms with Gasteiger partial charge in [-0.05, 0) is 12.1 Å². The van der Waals surface area contributed by atoms with Crippen molar-refractivity contribution >= 4 is 5.69 Å². The molecule has 0 amide bonds. The van der Waals surface area contributed by atoms with Gasteiger partial charge in [0.25, 0.3) is 5.82 Å². The molecule has 6 heteroatoms. The van der Waals surface area contributed by atoms with E-state index in [1.807, 2.05) is 25.2 Å². The van der Waals surface area contributed by atoms with Crippen LogP contribution in [0.15, 0.2) is 24.7 Å². The van der Waals surface area contributed by atoms with Gasteiger partial charge in [0.05, 0.1) is 12.2 Å². The van der Waals surface area contributed by atoms with E-state index >= 15 is 0 Å². The Bertz CT molecular complexity index is 524. The molecule has 2 aromatic rings. The van der Waals surface area contributed by atoms with Crippen LogP contribution in [-0.2, 0) is 6.54 Å². The second-order valence-corrected chi connectivity index (χ2v) is 3.16. The van der Waals surface area contributed by atoms with Crippen LogP contribution in [0, 0.1) is 11.3 Å². The van der Waals surface area contributed by atoms with Crippen LogP contribution in [0.5, 0.6) is 0 Å². The fourth-order valence-corrected chi connectivity index (χ4v) is 1.31. The average molecular weight is 214 g/mol. The maximum atomic E-state index is 8.59. The minimum Gasteiger partial charge on any atom is -0.388 e. The molecule has 0 radical (unpaired) electrons. The Morgan fingerprint density at radius 3 is 3.06 bits per heavy atom. The Labute approximate surface area is 92.6 Å². The molecule has 0 aliphatic carbocycles. The Morgan fingerprint density at radius 2 is 2.38 bits per heavy atom. The molecule has 0 unspecified atom stereocenters. The fourth-order valence-electron chi connectivity index (χ4n) is 1.31. The molecule has 0 saturated heterocycles. The third-order valence-electron chi connectivity index (χ3n) is 2.07. The van der Waals surface area contributed by atoms with Crippen LogP contribution in [0.25, 0.3) is 0 Å².